The van der Waals surface area contributed by atoms with E-state index in [1.807, 2.05) is 0 Å². The van der Waals surface area contributed by atoms with E-state index in [0.717, 1.165) is 11.0 Å². The maximum absolute atomic E-state index is 12.5. The van der Waals surface area contributed by atoms with E-state index in [1.54, 1.807) is 0 Å². The number of nitrogens with zero attached hydrogens (tertiary/aromatic N) is 3. The zero-order valence-electron chi connectivity index (χ0n) is 13.3. The third-order valence-corrected chi connectivity index (χ3v) is 3.75. The van der Waals surface area contributed by atoms with Crippen LogP contribution in [0.1, 0.15) is 16.8 Å². The van der Waals surface area contributed by atoms with Crippen LogP contribution in [0.3, 0.4) is 0 Å². The van der Waals surface area contributed by atoms with Crippen molar-refractivity contribution in [3.05, 3.63) is 64.5 Å². The Balaban J connectivity index is 1.70. The highest BCUT2D eigenvalue weighted by Gasteiger charge is 2.40. The monoisotopic (exact) mass is 355 g/mol. The fraction of sp³-hybridized carbons (Fsp3) is 0.125. The standard InChI is InChI=1S/C16H13N5O5/c22-14-9-13(18-19-15(23)10-4-6-17-7-5-10)16(24)20(14)11-2-1-3-12(8-11)21(25)26/h1-8,13,18H,9H2,(H,19,23). The number of carbonyl (C=O) groups is 3. The van der Waals surface area contributed by atoms with Crippen molar-refractivity contribution in [2.45, 2.75) is 12.5 Å². The van der Waals surface area contributed by atoms with Gasteiger partial charge in [-0.05, 0) is 18.2 Å². The number of benzene rings is 1. The van der Waals surface area contributed by atoms with Gasteiger partial charge in [-0.25, -0.2) is 10.3 Å². The van der Waals surface area contributed by atoms with Gasteiger partial charge in [-0.2, -0.15) is 0 Å². The average Bonchev–Trinajstić information content (AvgIpc) is 2.94. The first kappa shape index (κ1) is 17.2. The molecular weight excluding hydrogens is 342 g/mol. The molecule has 0 aliphatic carbocycles. The number of non-ortho nitro benzene ring substituents is 1. The molecular formula is C16H13N5O5. The van der Waals surface area contributed by atoms with Crippen molar-refractivity contribution >= 4 is 29.1 Å². The summed E-state index contributed by atoms with van der Waals surface area (Å²) in [6.07, 6.45) is 2.71. The van der Waals surface area contributed by atoms with Gasteiger partial charge in [0.25, 0.3) is 17.5 Å². The van der Waals surface area contributed by atoms with Crippen molar-refractivity contribution in [3.8, 4) is 0 Å². The molecule has 1 saturated heterocycles. The minimum absolute atomic E-state index is 0.110. The zero-order chi connectivity index (χ0) is 18.7. The molecule has 1 fully saturated rings. The van der Waals surface area contributed by atoms with E-state index >= 15 is 0 Å². The number of nitrogens with one attached hydrogen (secondary N) is 2. The summed E-state index contributed by atoms with van der Waals surface area (Å²) in [6.45, 7) is 0. The first-order valence-electron chi connectivity index (χ1n) is 7.54. The van der Waals surface area contributed by atoms with Gasteiger partial charge in [-0.1, -0.05) is 6.07 Å². The number of carbonyl (C=O) groups excluding carboxylic acids is 3. The van der Waals surface area contributed by atoms with Gasteiger partial charge < -0.3 is 0 Å². The molecule has 3 rings (SSSR count). The van der Waals surface area contributed by atoms with Gasteiger partial charge >= 0.3 is 0 Å². The lowest BCUT2D eigenvalue weighted by atomic mass is 10.2. The largest absolute Gasteiger partial charge is 0.287 e. The SMILES string of the molecule is O=C(NNC1CC(=O)N(c2cccc([N+](=O)[O-])c2)C1=O)c1ccncc1. The molecule has 2 aromatic rings. The second-order valence-electron chi connectivity index (χ2n) is 5.44. The molecule has 132 valence electrons. The number of nitro groups is 1. The topological polar surface area (TPSA) is 135 Å². The van der Waals surface area contributed by atoms with Crippen molar-refractivity contribution in [3.63, 3.8) is 0 Å². The van der Waals surface area contributed by atoms with Gasteiger partial charge in [-0.3, -0.25) is 34.9 Å². The Morgan fingerprint density at radius 1 is 1.23 bits per heavy atom. The van der Waals surface area contributed by atoms with Gasteiger partial charge in [0, 0.05) is 30.1 Å². The molecule has 1 atom stereocenters. The quantitative estimate of drug-likeness (QED) is 0.454. The van der Waals surface area contributed by atoms with Crippen molar-refractivity contribution in [2.75, 3.05) is 4.90 Å². The van der Waals surface area contributed by atoms with Gasteiger partial charge in [0.05, 0.1) is 17.0 Å². The summed E-state index contributed by atoms with van der Waals surface area (Å²) in [4.78, 5) is 51.5. The van der Waals surface area contributed by atoms with Gasteiger partial charge in [0.2, 0.25) is 5.91 Å². The van der Waals surface area contributed by atoms with Crippen LogP contribution < -0.4 is 15.8 Å². The zero-order valence-corrected chi connectivity index (χ0v) is 13.3. The van der Waals surface area contributed by atoms with E-state index in [2.05, 4.69) is 15.8 Å². The molecule has 26 heavy (non-hydrogen) atoms. The number of pyridine rings is 1. The maximum Gasteiger partial charge on any atom is 0.271 e. The molecule has 10 heteroatoms. The summed E-state index contributed by atoms with van der Waals surface area (Å²) in [7, 11) is 0. The molecule has 10 nitrogen and oxygen atoms in total. The number of rotatable bonds is 5. The molecule has 0 saturated carbocycles. The minimum atomic E-state index is -0.965. The lowest BCUT2D eigenvalue weighted by molar-refractivity contribution is -0.384. The Labute approximate surface area is 146 Å². The summed E-state index contributed by atoms with van der Waals surface area (Å²) in [5, 5.41) is 10.9. The molecule has 0 spiro atoms. The van der Waals surface area contributed by atoms with Gasteiger partial charge in [-0.15, -0.1) is 0 Å². The molecule has 1 unspecified atom stereocenters. The molecule has 1 aliphatic heterocycles. The number of hydrazine groups is 1. The molecule has 1 aliphatic rings. The van der Waals surface area contributed by atoms with E-state index in [9.17, 15) is 24.5 Å². The number of hydrogen-bond donors (Lipinski definition) is 2. The number of nitro benzene ring substituents is 1. The Bertz CT molecular complexity index is 886. The number of amides is 3. The third kappa shape index (κ3) is 3.39. The number of aromatic nitrogens is 1. The maximum atomic E-state index is 12.5. The molecule has 1 aromatic heterocycles. The van der Waals surface area contributed by atoms with Gasteiger partial charge in [0.1, 0.15) is 6.04 Å². The number of anilines is 1. The van der Waals surface area contributed by atoms with E-state index in [1.165, 1.54) is 42.7 Å². The summed E-state index contributed by atoms with van der Waals surface area (Å²) >= 11 is 0. The second kappa shape index (κ2) is 7.07. The highest BCUT2D eigenvalue weighted by Crippen LogP contribution is 2.26. The van der Waals surface area contributed by atoms with Crippen molar-refractivity contribution in [1.82, 2.24) is 15.8 Å². The first-order chi connectivity index (χ1) is 12.5. The summed E-state index contributed by atoms with van der Waals surface area (Å²) in [5.74, 6) is -1.61. The first-order valence-corrected chi connectivity index (χ1v) is 7.54. The van der Waals surface area contributed by atoms with E-state index in [-0.39, 0.29) is 17.8 Å². The molecule has 0 bridgehead atoms. The number of imide groups is 1. The predicted molar refractivity (Wildman–Crippen MR) is 88.8 cm³/mol. The van der Waals surface area contributed by atoms with Crippen LogP contribution in [0.15, 0.2) is 48.8 Å². The van der Waals surface area contributed by atoms with Crippen LogP contribution in [0, 0.1) is 10.1 Å². The lowest BCUT2D eigenvalue weighted by Crippen LogP contribution is -2.48. The van der Waals surface area contributed by atoms with Gasteiger partial charge in [0.15, 0.2) is 0 Å². The molecule has 0 radical (unpaired) electrons. The predicted octanol–water partition coefficient (Wildman–Crippen LogP) is 0.556. The summed E-state index contributed by atoms with van der Waals surface area (Å²) in [5.41, 5.74) is 5.11. The van der Waals surface area contributed by atoms with E-state index in [0.29, 0.717) is 5.56 Å². The average molecular weight is 355 g/mol. The second-order valence-corrected chi connectivity index (χ2v) is 5.44. The van der Waals surface area contributed by atoms with Crippen LogP contribution in [-0.2, 0) is 9.59 Å². The summed E-state index contributed by atoms with van der Waals surface area (Å²) < 4.78 is 0. The molecule has 2 heterocycles. The van der Waals surface area contributed by atoms with Crippen molar-refractivity contribution in [2.24, 2.45) is 0 Å². The van der Waals surface area contributed by atoms with Crippen molar-refractivity contribution < 1.29 is 19.3 Å². The Hall–Kier alpha value is -3.66. The Kier molecular flexibility index (Phi) is 4.67. The van der Waals surface area contributed by atoms with Crippen LogP contribution in [0.5, 0.6) is 0 Å². The molecule has 2 N–H and O–H groups in total. The smallest absolute Gasteiger partial charge is 0.271 e. The Morgan fingerprint density at radius 2 is 1.96 bits per heavy atom. The summed E-state index contributed by atoms with van der Waals surface area (Å²) in [6, 6.07) is 7.25. The molecule has 3 amide bonds. The van der Waals surface area contributed by atoms with Crippen LogP contribution in [0.25, 0.3) is 0 Å². The normalized spacial score (nSPS) is 16.6. The van der Waals surface area contributed by atoms with Crippen LogP contribution in [-0.4, -0.2) is 33.7 Å². The molecule has 1 aromatic carbocycles. The van der Waals surface area contributed by atoms with Crippen LogP contribution in [0.2, 0.25) is 0 Å². The number of hydrogen-bond acceptors (Lipinski definition) is 7. The van der Waals surface area contributed by atoms with Crippen LogP contribution >= 0.6 is 0 Å². The lowest BCUT2D eigenvalue weighted by Gasteiger charge is -2.15. The van der Waals surface area contributed by atoms with E-state index < -0.39 is 28.7 Å². The fourth-order valence-electron chi connectivity index (χ4n) is 2.49. The van der Waals surface area contributed by atoms with E-state index in [4.69, 9.17) is 0 Å². The highest BCUT2D eigenvalue weighted by molar-refractivity contribution is 6.22. The van der Waals surface area contributed by atoms with Crippen molar-refractivity contribution in [1.29, 1.82) is 0 Å². The fourth-order valence-corrected chi connectivity index (χ4v) is 2.49. The third-order valence-electron chi connectivity index (χ3n) is 3.75. The van der Waals surface area contributed by atoms with Crippen LogP contribution in [0.4, 0.5) is 11.4 Å². The highest BCUT2D eigenvalue weighted by atomic mass is 16.6. The minimum Gasteiger partial charge on any atom is -0.287 e. The Morgan fingerprint density at radius 3 is 2.65 bits per heavy atom.